The van der Waals surface area contributed by atoms with Crippen LogP contribution in [-0.4, -0.2) is 19.3 Å². The van der Waals surface area contributed by atoms with E-state index in [1.54, 1.807) is 0 Å². The molecule has 0 saturated carbocycles. The highest BCUT2D eigenvalue weighted by Gasteiger charge is 2.21. The van der Waals surface area contributed by atoms with E-state index in [9.17, 15) is 0 Å². The summed E-state index contributed by atoms with van der Waals surface area (Å²) in [7, 11) is 0. The fourth-order valence-corrected chi connectivity index (χ4v) is 1.57. The van der Waals surface area contributed by atoms with E-state index in [4.69, 9.17) is 15.2 Å². The summed E-state index contributed by atoms with van der Waals surface area (Å²) in [6.07, 6.45) is 0.154. The van der Waals surface area contributed by atoms with E-state index in [0.29, 0.717) is 18.9 Å². The average Bonchev–Trinajstić information content (AvgIpc) is 2.00. The zero-order chi connectivity index (χ0) is 9.26. The van der Waals surface area contributed by atoms with Gasteiger partial charge in [-0.1, -0.05) is 6.07 Å². The summed E-state index contributed by atoms with van der Waals surface area (Å²) in [6.45, 7) is 1.31. The summed E-state index contributed by atoms with van der Waals surface area (Å²) in [6, 6.07) is 5.61. The number of hydrogen-bond donors (Lipinski definition) is 1. The zero-order valence-corrected chi connectivity index (χ0v) is 8.58. The highest BCUT2D eigenvalue weighted by atomic mass is 79.9. The summed E-state index contributed by atoms with van der Waals surface area (Å²) in [5.74, 6) is 0.718. The van der Waals surface area contributed by atoms with Crippen LogP contribution >= 0.6 is 15.9 Å². The van der Waals surface area contributed by atoms with E-state index in [1.807, 2.05) is 18.2 Å². The van der Waals surface area contributed by atoms with Crippen LogP contribution in [0.15, 0.2) is 22.7 Å². The van der Waals surface area contributed by atoms with Crippen molar-refractivity contribution in [3.05, 3.63) is 22.7 Å². The molecule has 0 radical (unpaired) electrons. The van der Waals surface area contributed by atoms with Crippen LogP contribution in [0.25, 0.3) is 0 Å². The first-order chi connectivity index (χ1) is 6.27. The number of anilines is 1. The number of nitrogen functional groups attached to an aromatic ring is 1. The first-order valence-electron chi connectivity index (χ1n) is 4.06. The molecule has 1 aromatic rings. The monoisotopic (exact) mass is 243 g/mol. The van der Waals surface area contributed by atoms with Crippen molar-refractivity contribution in [2.75, 3.05) is 18.9 Å². The van der Waals surface area contributed by atoms with Gasteiger partial charge in [0.1, 0.15) is 6.10 Å². The van der Waals surface area contributed by atoms with E-state index in [-0.39, 0.29) is 6.10 Å². The number of para-hydroxylation sites is 1. The summed E-state index contributed by atoms with van der Waals surface area (Å²) in [5, 5.41) is 0. The molecule has 3 nitrogen and oxygen atoms in total. The van der Waals surface area contributed by atoms with Gasteiger partial charge in [0.05, 0.1) is 23.4 Å². The van der Waals surface area contributed by atoms with Crippen molar-refractivity contribution in [1.29, 1.82) is 0 Å². The van der Waals surface area contributed by atoms with Crippen LogP contribution in [0.4, 0.5) is 5.69 Å². The summed E-state index contributed by atoms with van der Waals surface area (Å²) < 4.78 is 11.5. The largest absolute Gasteiger partial charge is 0.482 e. The Morgan fingerprint density at radius 3 is 2.77 bits per heavy atom. The third-order valence-corrected chi connectivity index (χ3v) is 2.51. The molecule has 0 amide bonds. The molecule has 1 aliphatic rings. The van der Waals surface area contributed by atoms with Crippen LogP contribution in [0.1, 0.15) is 0 Å². The second kappa shape index (κ2) is 3.55. The molecule has 2 rings (SSSR count). The quantitative estimate of drug-likeness (QED) is 0.807. The van der Waals surface area contributed by atoms with Gasteiger partial charge in [0.15, 0.2) is 5.75 Å². The molecule has 1 aromatic carbocycles. The summed E-state index contributed by atoms with van der Waals surface area (Å²) >= 11 is 3.38. The molecule has 0 unspecified atom stereocenters. The predicted octanol–water partition coefficient (Wildman–Crippen LogP) is 1.81. The Labute approximate surface area is 85.0 Å². The van der Waals surface area contributed by atoms with Gasteiger partial charge in [-0.25, -0.2) is 0 Å². The standard InChI is InChI=1S/C9H10BrNO2/c10-7-2-1-3-8(11)9(7)13-6-4-12-5-6/h1-3,6H,4-5,11H2. The zero-order valence-electron chi connectivity index (χ0n) is 7.00. The topological polar surface area (TPSA) is 44.5 Å². The molecule has 1 saturated heterocycles. The second-order valence-corrected chi connectivity index (χ2v) is 3.79. The van der Waals surface area contributed by atoms with Crippen LogP contribution < -0.4 is 10.5 Å². The fourth-order valence-electron chi connectivity index (χ4n) is 1.10. The fraction of sp³-hybridized carbons (Fsp3) is 0.333. The Morgan fingerprint density at radius 1 is 1.46 bits per heavy atom. The molecule has 1 aliphatic heterocycles. The molecule has 0 aromatic heterocycles. The molecule has 4 heteroatoms. The van der Waals surface area contributed by atoms with Gasteiger partial charge in [-0.15, -0.1) is 0 Å². The predicted molar refractivity (Wildman–Crippen MR) is 53.8 cm³/mol. The lowest BCUT2D eigenvalue weighted by Gasteiger charge is -2.27. The van der Waals surface area contributed by atoms with Crippen molar-refractivity contribution in [2.24, 2.45) is 0 Å². The first kappa shape index (κ1) is 8.84. The van der Waals surface area contributed by atoms with Gasteiger partial charge >= 0.3 is 0 Å². The van der Waals surface area contributed by atoms with Crippen molar-refractivity contribution in [1.82, 2.24) is 0 Å². The van der Waals surface area contributed by atoms with Crippen LogP contribution in [0.2, 0.25) is 0 Å². The second-order valence-electron chi connectivity index (χ2n) is 2.94. The van der Waals surface area contributed by atoms with E-state index < -0.39 is 0 Å². The molecule has 2 N–H and O–H groups in total. The Kier molecular flexibility index (Phi) is 2.42. The van der Waals surface area contributed by atoms with Gasteiger partial charge in [-0.05, 0) is 28.1 Å². The molecule has 1 heterocycles. The minimum absolute atomic E-state index is 0.154. The van der Waals surface area contributed by atoms with Crippen LogP contribution in [0, 0.1) is 0 Å². The SMILES string of the molecule is Nc1cccc(Br)c1OC1COC1. The van der Waals surface area contributed by atoms with E-state index in [0.717, 1.165) is 10.2 Å². The lowest BCUT2D eigenvalue weighted by Crippen LogP contribution is -2.38. The van der Waals surface area contributed by atoms with Crippen molar-refractivity contribution in [3.8, 4) is 5.75 Å². The number of nitrogens with two attached hydrogens (primary N) is 1. The number of benzene rings is 1. The average molecular weight is 244 g/mol. The maximum atomic E-state index is 5.75. The number of halogens is 1. The Hall–Kier alpha value is -0.740. The normalized spacial score (nSPS) is 16.7. The lowest BCUT2D eigenvalue weighted by molar-refractivity contribution is -0.0796. The lowest BCUT2D eigenvalue weighted by atomic mass is 10.3. The maximum Gasteiger partial charge on any atom is 0.157 e. The number of rotatable bonds is 2. The molecular formula is C9H10BrNO2. The molecule has 13 heavy (non-hydrogen) atoms. The first-order valence-corrected chi connectivity index (χ1v) is 4.85. The van der Waals surface area contributed by atoms with Crippen molar-refractivity contribution < 1.29 is 9.47 Å². The van der Waals surface area contributed by atoms with Crippen LogP contribution in [0.5, 0.6) is 5.75 Å². The van der Waals surface area contributed by atoms with Crippen LogP contribution in [0.3, 0.4) is 0 Å². The molecule has 0 spiro atoms. The maximum absolute atomic E-state index is 5.75. The molecular weight excluding hydrogens is 234 g/mol. The van der Waals surface area contributed by atoms with Gasteiger partial charge in [-0.2, -0.15) is 0 Å². The Bertz CT molecular complexity index is 292. The molecule has 0 aliphatic carbocycles. The van der Waals surface area contributed by atoms with Crippen molar-refractivity contribution in [2.45, 2.75) is 6.10 Å². The smallest absolute Gasteiger partial charge is 0.157 e. The minimum atomic E-state index is 0.154. The van der Waals surface area contributed by atoms with Crippen LogP contribution in [-0.2, 0) is 4.74 Å². The van der Waals surface area contributed by atoms with Gasteiger partial charge in [-0.3, -0.25) is 0 Å². The molecule has 1 fully saturated rings. The Morgan fingerprint density at radius 2 is 2.23 bits per heavy atom. The van der Waals surface area contributed by atoms with E-state index in [2.05, 4.69) is 15.9 Å². The Balaban J connectivity index is 2.17. The highest BCUT2D eigenvalue weighted by molar-refractivity contribution is 9.10. The minimum Gasteiger partial charge on any atom is -0.482 e. The number of ether oxygens (including phenoxy) is 2. The third kappa shape index (κ3) is 1.78. The van der Waals surface area contributed by atoms with Crippen molar-refractivity contribution >= 4 is 21.6 Å². The summed E-state index contributed by atoms with van der Waals surface area (Å²) in [5.41, 5.74) is 6.41. The van der Waals surface area contributed by atoms with Crippen molar-refractivity contribution in [3.63, 3.8) is 0 Å². The van der Waals surface area contributed by atoms with Gasteiger partial charge in [0.25, 0.3) is 0 Å². The molecule has 0 bridgehead atoms. The number of hydrogen-bond acceptors (Lipinski definition) is 3. The molecule has 70 valence electrons. The van der Waals surface area contributed by atoms with Gasteiger partial charge in [0, 0.05) is 0 Å². The highest BCUT2D eigenvalue weighted by Crippen LogP contribution is 2.32. The van der Waals surface area contributed by atoms with E-state index >= 15 is 0 Å². The van der Waals surface area contributed by atoms with E-state index in [1.165, 1.54) is 0 Å². The van der Waals surface area contributed by atoms with Gasteiger partial charge in [0.2, 0.25) is 0 Å². The third-order valence-electron chi connectivity index (χ3n) is 1.89. The van der Waals surface area contributed by atoms with Gasteiger partial charge < -0.3 is 15.2 Å². The molecule has 0 atom stereocenters. The summed E-state index contributed by atoms with van der Waals surface area (Å²) in [4.78, 5) is 0.